The zero-order chi connectivity index (χ0) is 20.1. The van der Waals surface area contributed by atoms with E-state index in [0.717, 1.165) is 40.8 Å². The van der Waals surface area contributed by atoms with Crippen LogP contribution < -0.4 is 0 Å². The van der Waals surface area contributed by atoms with Crippen molar-refractivity contribution in [1.29, 1.82) is 0 Å². The summed E-state index contributed by atoms with van der Waals surface area (Å²) in [6.07, 6.45) is 2.15. The standard InChI is InChI=1S/C24H22ClN3S/c1-18-7-5-11-22(17-18)28-23(20-12-14-21(25)15-13-20)26-27-24(28)29-16-6-10-19-8-3-2-4-9-19/h2-5,7-9,11-15,17H,6,10,16H2,1H3. The van der Waals surface area contributed by atoms with Crippen molar-refractivity contribution in [3.05, 3.63) is 95.0 Å². The summed E-state index contributed by atoms with van der Waals surface area (Å²) in [5, 5.41) is 10.6. The Balaban J connectivity index is 1.59. The normalized spacial score (nSPS) is 11.0. The van der Waals surface area contributed by atoms with Crippen molar-refractivity contribution < 1.29 is 0 Å². The van der Waals surface area contributed by atoms with Crippen molar-refractivity contribution in [3.8, 4) is 17.1 Å². The van der Waals surface area contributed by atoms with Crippen molar-refractivity contribution >= 4 is 23.4 Å². The number of hydrogen-bond acceptors (Lipinski definition) is 3. The van der Waals surface area contributed by atoms with Gasteiger partial charge in [-0.1, -0.05) is 65.8 Å². The number of aromatic nitrogens is 3. The topological polar surface area (TPSA) is 30.7 Å². The quantitative estimate of drug-likeness (QED) is 0.249. The second-order valence-corrected chi connectivity index (χ2v) is 8.42. The van der Waals surface area contributed by atoms with E-state index in [1.54, 1.807) is 11.8 Å². The van der Waals surface area contributed by atoms with E-state index in [2.05, 4.69) is 76.3 Å². The fourth-order valence-electron chi connectivity index (χ4n) is 3.23. The molecule has 0 amide bonds. The number of nitrogens with zero attached hydrogens (tertiary/aromatic N) is 3. The summed E-state index contributed by atoms with van der Waals surface area (Å²) in [6, 6.07) is 26.8. The summed E-state index contributed by atoms with van der Waals surface area (Å²) < 4.78 is 2.14. The van der Waals surface area contributed by atoms with Gasteiger partial charge in [0.05, 0.1) is 0 Å². The van der Waals surface area contributed by atoms with Crippen LogP contribution >= 0.6 is 23.4 Å². The van der Waals surface area contributed by atoms with Gasteiger partial charge in [-0.3, -0.25) is 4.57 Å². The Bertz CT molecular complexity index is 1070. The molecule has 0 aliphatic heterocycles. The molecular weight excluding hydrogens is 398 g/mol. The third-order valence-electron chi connectivity index (χ3n) is 4.68. The second-order valence-electron chi connectivity index (χ2n) is 6.93. The molecule has 4 rings (SSSR count). The van der Waals surface area contributed by atoms with Gasteiger partial charge in [0.25, 0.3) is 0 Å². The first-order chi connectivity index (χ1) is 14.2. The zero-order valence-corrected chi connectivity index (χ0v) is 17.8. The molecule has 0 saturated heterocycles. The number of aryl methyl sites for hydroxylation is 2. The lowest BCUT2D eigenvalue weighted by atomic mass is 10.1. The summed E-state index contributed by atoms with van der Waals surface area (Å²) in [6.45, 7) is 2.10. The highest BCUT2D eigenvalue weighted by Crippen LogP contribution is 2.29. The number of hydrogen-bond donors (Lipinski definition) is 0. The second kappa shape index (κ2) is 9.29. The molecule has 1 heterocycles. The maximum Gasteiger partial charge on any atom is 0.196 e. The van der Waals surface area contributed by atoms with E-state index < -0.39 is 0 Å². The van der Waals surface area contributed by atoms with Gasteiger partial charge in [0.15, 0.2) is 11.0 Å². The summed E-state index contributed by atoms with van der Waals surface area (Å²) in [4.78, 5) is 0. The molecule has 0 N–H and O–H groups in total. The molecule has 0 aliphatic carbocycles. The minimum atomic E-state index is 0.714. The van der Waals surface area contributed by atoms with Gasteiger partial charge in [0, 0.05) is 22.0 Å². The smallest absolute Gasteiger partial charge is 0.196 e. The van der Waals surface area contributed by atoms with Crippen LogP contribution in [0.5, 0.6) is 0 Å². The van der Waals surface area contributed by atoms with Crippen LogP contribution in [0.25, 0.3) is 17.1 Å². The molecular formula is C24H22ClN3S. The van der Waals surface area contributed by atoms with Crippen LogP contribution in [0.2, 0.25) is 5.02 Å². The molecule has 29 heavy (non-hydrogen) atoms. The van der Waals surface area contributed by atoms with E-state index in [1.165, 1.54) is 11.1 Å². The maximum atomic E-state index is 6.07. The highest BCUT2D eigenvalue weighted by atomic mass is 35.5. The zero-order valence-electron chi connectivity index (χ0n) is 16.3. The first-order valence-corrected chi connectivity index (χ1v) is 11.0. The average Bonchev–Trinajstić information content (AvgIpc) is 3.16. The Hall–Kier alpha value is -2.56. The minimum absolute atomic E-state index is 0.714. The third-order valence-corrected chi connectivity index (χ3v) is 5.95. The largest absolute Gasteiger partial charge is 0.270 e. The van der Waals surface area contributed by atoms with E-state index in [9.17, 15) is 0 Å². The lowest BCUT2D eigenvalue weighted by molar-refractivity contribution is 0.874. The molecule has 0 aliphatic rings. The molecule has 0 radical (unpaired) electrons. The van der Waals surface area contributed by atoms with E-state index in [-0.39, 0.29) is 0 Å². The van der Waals surface area contributed by atoms with Crippen LogP contribution in [0.1, 0.15) is 17.5 Å². The maximum absolute atomic E-state index is 6.07. The highest BCUT2D eigenvalue weighted by molar-refractivity contribution is 7.99. The lowest BCUT2D eigenvalue weighted by Crippen LogP contribution is -2.00. The Morgan fingerprint density at radius 3 is 2.45 bits per heavy atom. The van der Waals surface area contributed by atoms with Crippen molar-refractivity contribution in [3.63, 3.8) is 0 Å². The van der Waals surface area contributed by atoms with E-state index in [0.29, 0.717) is 5.02 Å². The van der Waals surface area contributed by atoms with Crippen LogP contribution in [0.15, 0.2) is 84.0 Å². The molecule has 0 unspecified atom stereocenters. The Morgan fingerprint density at radius 2 is 1.69 bits per heavy atom. The highest BCUT2D eigenvalue weighted by Gasteiger charge is 2.16. The predicted octanol–water partition coefficient (Wildman–Crippen LogP) is 6.62. The predicted molar refractivity (Wildman–Crippen MR) is 122 cm³/mol. The van der Waals surface area contributed by atoms with Gasteiger partial charge in [-0.15, -0.1) is 10.2 Å². The number of rotatable bonds is 7. The van der Waals surface area contributed by atoms with Gasteiger partial charge < -0.3 is 0 Å². The number of thioether (sulfide) groups is 1. The first kappa shape index (κ1) is 19.7. The van der Waals surface area contributed by atoms with Crippen LogP contribution in [-0.2, 0) is 6.42 Å². The average molecular weight is 420 g/mol. The molecule has 0 saturated carbocycles. The fraction of sp³-hybridized carbons (Fsp3) is 0.167. The van der Waals surface area contributed by atoms with Crippen molar-refractivity contribution in [1.82, 2.24) is 14.8 Å². The molecule has 5 heteroatoms. The summed E-state index contributed by atoms with van der Waals surface area (Å²) in [7, 11) is 0. The monoisotopic (exact) mass is 419 g/mol. The summed E-state index contributed by atoms with van der Waals surface area (Å²) >= 11 is 7.82. The van der Waals surface area contributed by atoms with Crippen molar-refractivity contribution in [2.75, 3.05) is 5.75 Å². The molecule has 146 valence electrons. The van der Waals surface area contributed by atoms with Crippen molar-refractivity contribution in [2.45, 2.75) is 24.9 Å². The van der Waals surface area contributed by atoms with Gasteiger partial charge in [-0.25, -0.2) is 0 Å². The molecule has 1 aromatic heterocycles. The number of benzene rings is 3. The SMILES string of the molecule is Cc1cccc(-n2c(SCCCc3ccccc3)nnc2-c2ccc(Cl)cc2)c1. The van der Waals surface area contributed by atoms with Gasteiger partial charge in [-0.05, 0) is 67.3 Å². The molecule has 0 atom stereocenters. The first-order valence-electron chi connectivity index (χ1n) is 9.66. The number of halogens is 1. The van der Waals surface area contributed by atoms with Crippen LogP contribution in [0.4, 0.5) is 0 Å². The molecule has 0 bridgehead atoms. The van der Waals surface area contributed by atoms with E-state index in [1.807, 2.05) is 24.3 Å². The lowest BCUT2D eigenvalue weighted by Gasteiger charge is -2.11. The van der Waals surface area contributed by atoms with Gasteiger partial charge >= 0.3 is 0 Å². The molecule has 4 aromatic rings. The van der Waals surface area contributed by atoms with E-state index in [4.69, 9.17) is 11.6 Å². The van der Waals surface area contributed by atoms with Crippen LogP contribution in [-0.4, -0.2) is 20.5 Å². The van der Waals surface area contributed by atoms with Crippen LogP contribution in [0.3, 0.4) is 0 Å². The molecule has 0 fully saturated rings. The summed E-state index contributed by atoms with van der Waals surface area (Å²) in [5.41, 5.74) is 4.65. The Kier molecular flexibility index (Phi) is 6.33. The minimum Gasteiger partial charge on any atom is -0.270 e. The van der Waals surface area contributed by atoms with Gasteiger partial charge in [0.2, 0.25) is 0 Å². The summed E-state index contributed by atoms with van der Waals surface area (Å²) in [5.74, 6) is 1.82. The van der Waals surface area contributed by atoms with Crippen molar-refractivity contribution in [2.24, 2.45) is 0 Å². The van der Waals surface area contributed by atoms with Gasteiger partial charge in [-0.2, -0.15) is 0 Å². The Morgan fingerprint density at radius 1 is 0.897 bits per heavy atom. The van der Waals surface area contributed by atoms with Crippen LogP contribution in [0, 0.1) is 6.92 Å². The molecule has 0 spiro atoms. The molecule has 3 aromatic carbocycles. The Labute approximate surface area is 180 Å². The molecule has 3 nitrogen and oxygen atoms in total. The fourth-order valence-corrected chi connectivity index (χ4v) is 4.25. The van der Waals surface area contributed by atoms with E-state index >= 15 is 0 Å². The van der Waals surface area contributed by atoms with Gasteiger partial charge in [0.1, 0.15) is 0 Å². The third kappa shape index (κ3) is 4.89.